The Balaban J connectivity index is 2.43. The van der Waals surface area contributed by atoms with E-state index in [1.54, 1.807) is 24.3 Å². The third-order valence-corrected chi connectivity index (χ3v) is 2.43. The zero-order chi connectivity index (χ0) is 13.5. The van der Waals surface area contributed by atoms with Crippen LogP contribution in [0.4, 0.5) is 5.69 Å². The Hall–Kier alpha value is -1.59. The Kier molecular flexibility index (Phi) is 5.61. The number of hydrogen-bond donors (Lipinski definition) is 3. The number of rotatable bonds is 4. The van der Waals surface area contributed by atoms with Crippen molar-refractivity contribution in [3.63, 3.8) is 0 Å². The summed E-state index contributed by atoms with van der Waals surface area (Å²) in [5.41, 5.74) is 0.501. The molecular formula is C12H17ClN3O2+. The van der Waals surface area contributed by atoms with Gasteiger partial charge in [0.15, 0.2) is 0 Å². The fourth-order valence-corrected chi connectivity index (χ4v) is 1.45. The molecule has 0 saturated carbocycles. The van der Waals surface area contributed by atoms with Crippen molar-refractivity contribution in [3.05, 3.63) is 29.3 Å². The third-order valence-electron chi connectivity index (χ3n) is 2.20. The van der Waals surface area contributed by atoms with Gasteiger partial charge in [-0.25, -0.2) is 0 Å². The number of nitrogens with one attached hydrogen (secondary N) is 3. The first-order valence-electron chi connectivity index (χ1n) is 5.63. The number of quaternary nitrogens is 1. The molecular weight excluding hydrogens is 254 g/mol. The first-order valence-corrected chi connectivity index (χ1v) is 6.00. The fraction of sp³-hybridized carbons (Fsp3) is 0.333. The second kappa shape index (κ2) is 6.98. The minimum Gasteiger partial charge on any atom is -0.342 e. The smallest absolute Gasteiger partial charge is 0.313 e. The number of amides is 2. The molecule has 0 bridgehead atoms. The molecule has 6 heteroatoms. The molecule has 5 nitrogen and oxygen atoms in total. The number of halogens is 1. The van der Waals surface area contributed by atoms with E-state index >= 15 is 0 Å². The molecule has 0 heterocycles. The second-order valence-corrected chi connectivity index (χ2v) is 4.61. The molecule has 0 fully saturated rings. The molecule has 1 rings (SSSR count). The van der Waals surface area contributed by atoms with Crippen LogP contribution < -0.4 is 15.5 Å². The molecule has 0 aliphatic rings. The lowest BCUT2D eigenvalue weighted by atomic mass is 10.3. The van der Waals surface area contributed by atoms with Gasteiger partial charge in [0.25, 0.3) is 0 Å². The summed E-state index contributed by atoms with van der Waals surface area (Å²) in [6, 6.07) is 6.64. The standard InChI is InChI=1S/C12H16ClN3O2/c1-16(2)7-6-14-11(17)12(18)15-10-5-3-4-9(13)8-10/h3-5,8H,6-7H2,1-2H3,(H,14,17)(H,15,18)/p+1. The SMILES string of the molecule is C[NH+](C)CCNC(=O)C(=O)Nc1cccc(Cl)c1. The van der Waals surface area contributed by atoms with Gasteiger partial charge in [0.1, 0.15) is 0 Å². The lowest BCUT2D eigenvalue weighted by Gasteiger charge is -2.08. The average Bonchev–Trinajstić information content (AvgIpc) is 2.28. The summed E-state index contributed by atoms with van der Waals surface area (Å²) in [6.07, 6.45) is 0. The Morgan fingerprint density at radius 3 is 2.61 bits per heavy atom. The van der Waals surface area contributed by atoms with E-state index in [1.165, 1.54) is 4.90 Å². The van der Waals surface area contributed by atoms with Gasteiger partial charge in [-0.05, 0) is 18.2 Å². The third kappa shape index (κ3) is 5.16. The molecule has 0 atom stereocenters. The van der Waals surface area contributed by atoms with Gasteiger partial charge in [0.05, 0.1) is 27.2 Å². The lowest BCUT2D eigenvalue weighted by molar-refractivity contribution is -0.856. The van der Waals surface area contributed by atoms with E-state index in [0.29, 0.717) is 17.3 Å². The minimum absolute atomic E-state index is 0.462. The normalized spacial score (nSPS) is 10.2. The topological polar surface area (TPSA) is 62.6 Å². The van der Waals surface area contributed by atoms with Gasteiger partial charge >= 0.3 is 11.8 Å². The number of benzene rings is 1. The summed E-state index contributed by atoms with van der Waals surface area (Å²) in [5, 5.41) is 5.53. The first kappa shape index (κ1) is 14.5. The van der Waals surface area contributed by atoms with Gasteiger partial charge in [-0.2, -0.15) is 0 Å². The molecule has 2 amide bonds. The summed E-state index contributed by atoms with van der Waals surface area (Å²) in [5.74, 6) is -1.33. The van der Waals surface area contributed by atoms with E-state index < -0.39 is 11.8 Å². The molecule has 18 heavy (non-hydrogen) atoms. The predicted molar refractivity (Wildman–Crippen MR) is 70.8 cm³/mol. The number of hydrogen-bond acceptors (Lipinski definition) is 2. The van der Waals surface area contributed by atoms with Gasteiger partial charge < -0.3 is 15.5 Å². The molecule has 0 aliphatic carbocycles. The molecule has 0 spiro atoms. The Labute approximate surface area is 111 Å². The van der Waals surface area contributed by atoms with Crippen molar-refractivity contribution in [2.45, 2.75) is 0 Å². The maximum absolute atomic E-state index is 11.5. The maximum atomic E-state index is 11.5. The van der Waals surface area contributed by atoms with Crippen molar-refractivity contribution >= 4 is 29.1 Å². The van der Waals surface area contributed by atoms with Gasteiger partial charge in [0, 0.05) is 10.7 Å². The molecule has 98 valence electrons. The van der Waals surface area contributed by atoms with Crippen LogP contribution in [0.1, 0.15) is 0 Å². The van der Waals surface area contributed by atoms with Crippen LogP contribution in [0.15, 0.2) is 24.3 Å². The predicted octanol–water partition coefficient (Wildman–Crippen LogP) is -0.461. The molecule has 1 aromatic rings. The van der Waals surface area contributed by atoms with Crippen LogP contribution in [-0.2, 0) is 9.59 Å². The number of anilines is 1. The number of carbonyl (C=O) groups excluding carboxylic acids is 2. The first-order chi connectivity index (χ1) is 8.49. The van der Waals surface area contributed by atoms with Crippen LogP contribution >= 0.6 is 11.6 Å². The maximum Gasteiger partial charge on any atom is 0.313 e. The van der Waals surface area contributed by atoms with Crippen LogP contribution in [-0.4, -0.2) is 39.0 Å². The van der Waals surface area contributed by atoms with Crippen LogP contribution in [0, 0.1) is 0 Å². The van der Waals surface area contributed by atoms with Crippen molar-refractivity contribution in [1.82, 2.24) is 5.32 Å². The monoisotopic (exact) mass is 270 g/mol. The Morgan fingerprint density at radius 1 is 1.28 bits per heavy atom. The van der Waals surface area contributed by atoms with Crippen LogP contribution in [0.3, 0.4) is 0 Å². The van der Waals surface area contributed by atoms with Crippen molar-refractivity contribution in [2.75, 3.05) is 32.5 Å². The van der Waals surface area contributed by atoms with E-state index in [0.717, 1.165) is 6.54 Å². The van der Waals surface area contributed by atoms with Gasteiger partial charge in [-0.3, -0.25) is 9.59 Å². The second-order valence-electron chi connectivity index (χ2n) is 4.18. The summed E-state index contributed by atoms with van der Waals surface area (Å²) in [7, 11) is 3.94. The molecule has 0 saturated heterocycles. The van der Waals surface area contributed by atoms with Crippen LogP contribution in [0.2, 0.25) is 5.02 Å². The number of carbonyl (C=O) groups is 2. The average molecular weight is 271 g/mol. The fourth-order valence-electron chi connectivity index (χ4n) is 1.26. The molecule has 0 aromatic heterocycles. The van der Waals surface area contributed by atoms with Crippen molar-refractivity contribution in [1.29, 1.82) is 0 Å². The van der Waals surface area contributed by atoms with Crippen LogP contribution in [0.25, 0.3) is 0 Å². The highest BCUT2D eigenvalue weighted by molar-refractivity contribution is 6.39. The Bertz CT molecular complexity index is 435. The zero-order valence-corrected chi connectivity index (χ0v) is 11.2. The van der Waals surface area contributed by atoms with E-state index in [9.17, 15) is 9.59 Å². The van der Waals surface area contributed by atoms with E-state index in [2.05, 4.69) is 10.6 Å². The Morgan fingerprint density at radius 2 is 2.00 bits per heavy atom. The van der Waals surface area contributed by atoms with Gasteiger partial charge in [-0.1, -0.05) is 17.7 Å². The summed E-state index contributed by atoms with van der Waals surface area (Å²) < 4.78 is 0. The highest BCUT2D eigenvalue weighted by atomic mass is 35.5. The summed E-state index contributed by atoms with van der Waals surface area (Å²) in [4.78, 5) is 24.2. The van der Waals surface area contributed by atoms with Crippen LogP contribution in [0.5, 0.6) is 0 Å². The highest BCUT2D eigenvalue weighted by Crippen LogP contribution is 2.14. The van der Waals surface area contributed by atoms with Crippen molar-refractivity contribution < 1.29 is 14.5 Å². The van der Waals surface area contributed by atoms with E-state index in [1.807, 2.05) is 14.1 Å². The van der Waals surface area contributed by atoms with Gasteiger partial charge in [-0.15, -0.1) is 0 Å². The largest absolute Gasteiger partial charge is 0.342 e. The molecule has 0 unspecified atom stereocenters. The molecule has 0 aliphatic heterocycles. The lowest BCUT2D eigenvalue weighted by Crippen LogP contribution is -3.06. The molecule has 3 N–H and O–H groups in total. The highest BCUT2D eigenvalue weighted by Gasteiger charge is 2.13. The van der Waals surface area contributed by atoms with Crippen molar-refractivity contribution in [2.24, 2.45) is 0 Å². The van der Waals surface area contributed by atoms with E-state index in [4.69, 9.17) is 11.6 Å². The van der Waals surface area contributed by atoms with E-state index in [-0.39, 0.29) is 0 Å². The minimum atomic E-state index is -0.689. The quantitative estimate of drug-likeness (QED) is 0.649. The number of likely N-dealkylation sites (N-methyl/N-ethyl adjacent to an activating group) is 1. The summed E-state index contributed by atoms with van der Waals surface area (Å²) >= 11 is 5.77. The molecule has 1 aromatic carbocycles. The van der Waals surface area contributed by atoms with Gasteiger partial charge in [0.2, 0.25) is 0 Å². The molecule has 0 radical (unpaired) electrons. The van der Waals surface area contributed by atoms with Crippen molar-refractivity contribution in [3.8, 4) is 0 Å². The zero-order valence-electron chi connectivity index (χ0n) is 10.4. The summed E-state index contributed by atoms with van der Waals surface area (Å²) in [6.45, 7) is 1.22.